The Balaban J connectivity index is 2.15. The number of amides is 2. The third-order valence-electron chi connectivity index (χ3n) is 2.54. The van der Waals surface area contributed by atoms with Gasteiger partial charge >= 0.3 is 6.03 Å². The topological polar surface area (TPSA) is 32.3 Å². The molecule has 0 spiro atoms. The summed E-state index contributed by atoms with van der Waals surface area (Å²) in [7, 11) is 0. The van der Waals surface area contributed by atoms with Gasteiger partial charge in [0.25, 0.3) is 0 Å². The monoisotopic (exact) mass is 198 g/mol. The van der Waals surface area contributed by atoms with Crippen LogP contribution >= 0.6 is 0 Å². The van der Waals surface area contributed by atoms with Crippen molar-refractivity contribution in [3.8, 4) is 0 Å². The average Bonchev–Trinajstić information content (AvgIpc) is 2.53. The molecule has 0 aliphatic carbocycles. The van der Waals surface area contributed by atoms with Gasteiger partial charge in [-0.2, -0.15) is 0 Å². The fourth-order valence-corrected chi connectivity index (χ4v) is 1.58. The zero-order valence-electron chi connectivity index (χ0n) is 9.60. The van der Waals surface area contributed by atoms with E-state index in [4.69, 9.17) is 0 Å². The van der Waals surface area contributed by atoms with E-state index in [2.05, 4.69) is 26.1 Å². The van der Waals surface area contributed by atoms with Gasteiger partial charge in [0.15, 0.2) is 0 Å². The van der Waals surface area contributed by atoms with Crippen LogP contribution in [0.25, 0.3) is 0 Å². The van der Waals surface area contributed by atoms with E-state index in [9.17, 15) is 4.79 Å². The van der Waals surface area contributed by atoms with Crippen LogP contribution in [0.5, 0.6) is 0 Å². The molecule has 0 unspecified atom stereocenters. The lowest BCUT2D eigenvalue weighted by atomic mass is 9.92. The average molecular weight is 198 g/mol. The molecule has 14 heavy (non-hydrogen) atoms. The van der Waals surface area contributed by atoms with E-state index in [1.165, 1.54) is 0 Å². The highest BCUT2D eigenvalue weighted by molar-refractivity contribution is 5.74. The Morgan fingerprint density at radius 1 is 1.29 bits per heavy atom. The largest absolute Gasteiger partial charge is 0.338 e. The number of hydrogen-bond donors (Lipinski definition) is 1. The number of carbonyl (C=O) groups excluding carboxylic acids is 1. The van der Waals surface area contributed by atoms with Crippen LogP contribution in [-0.4, -0.2) is 30.6 Å². The molecule has 1 N–H and O–H groups in total. The van der Waals surface area contributed by atoms with Crippen molar-refractivity contribution in [1.82, 2.24) is 10.2 Å². The first-order valence-electron chi connectivity index (χ1n) is 5.52. The van der Waals surface area contributed by atoms with Crippen LogP contribution < -0.4 is 5.32 Å². The minimum Gasteiger partial charge on any atom is -0.338 e. The highest BCUT2D eigenvalue weighted by Crippen LogP contribution is 2.17. The summed E-state index contributed by atoms with van der Waals surface area (Å²) < 4.78 is 0. The standard InChI is InChI=1S/C11H22N2O/c1-11(2,3)6-7-12-10(14)13-8-4-5-9-13/h4-9H2,1-3H3,(H,12,14). The number of nitrogens with one attached hydrogen (secondary N) is 1. The van der Waals surface area contributed by atoms with Gasteiger partial charge in [0, 0.05) is 19.6 Å². The molecular formula is C11H22N2O. The predicted molar refractivity (Wildman–Crippen MR) is 58.3 cm³/mol. The minimum absolute atomic E-state index is 0.117. The first kappa shape index (κ1) is 11.3. The molecule has 1 aliphatic rings. The van der Waals surface area contributed by atoms with E-state index in [0.717, 1.165) is 38.9 Å². The Morgan fingerprint density at radius 3 is 2.36 bits per heavy atom. The molecule has 1 saturated heterocycles. The Bertz CT molecular complexity index is 190. The second-order valence-corrected chi connectivity index (χ2v) is 5.24. The van der Waals surface area contributed by atoms with Crippen LogP contribution in [0.2, 0.25) is 0 Å². The van der Waals surface area contributed by atoms with Crippen molar-refractivity contribution in [3.05, 3.63) is 0 Å². The van der Waals surface area contributed by atoms with Gasteiger partial charge in [0.2, 0.25) is 0 Å². The quantitative estimate of drug-likeness (QED) is 0.725. The lowest BCUT2D eigenvalue weighted by Gasteiger charge is -2.20. The molecule has 1 heterocycles. The van der Waals surface area contributed by atoms with E-state index in [0.29, 0.717) is 5.41 Å². The Labute approximate surface area is 86.9 Å². The Morgan fingerprint density at radius 2 is 1.86 bits per heavy atom. The van der Waals surface area contributed by atoms with Gasteiger partial charge in [0.1, 0.15) is 0 Å². The third-order valence-corrected chi connectivity index (χ3v) is 2.54. The van der Waals surface area contributed by atoms with Gasteiger partial charge in [-0.3, -0.25) is 0 Å². The van der Waals surface area contributed by atoms with Crippen molar-refractivity contribution in [2.45, 2.75) is 40.0 Å². The van der Waals surface area contributed by atoms with E-state index in [1.807, 2.05) is 4.90 Å². The van der Waals surface area contributed by atoms with Crippen molar-refractivity contribution in [3.63, 3.8) is 0 Å². The van der Waals surface area contributed by atoms with Crippen LogP contribution in [0.15, 0.2) is 0 Å². The molecule has 0 aromatic carbocycles. The SMILES string of the molecule is CC(C)(C)CCNC(=O)N1CCCC1. The predicted octanol–water partition coefficient (Wildman–Crippen LogP) is 2.23. The molecule has 0 aromatic rings. The van der Waals surface area contributed by atoms with Crippen LogP contribution in [0.3, 0.4) is 0 Å². The van der Waals surface area contributed by atoms with Crippen molar-refractivity contribution in [2.75, 3.05) is 19.6 Å². The van der Waals surface area contributed by atoms with Crippen molar-refractivity contribution in [2.24, 2.45) is 5.41 Å². The Hall–Kier alpha value is -0.730. The van der Waals surface area contributed by atoms with Crippen LogP contribution in [0, 0.1) is 5.41 Å². The summed E-state index contributed by atoms with van der Waals surface area (Å²) >= 11 is 0. The number of rotatable bonds is 2. The number of hydrogen-bond acceptors (Lipinski definition) is 1. The third kappa shape index (κ3) is 3.99. The summed E-state index contributed by atoms with van der Waals surface area (Å²) in [4.78, 5) is 13.5. The fourth-order valence-electron chi connectivity index (χ4n) is 1.58. The van der Waals surface area contributed by atoms with Gasteiger partial charge in [-0.1, -0.05) is 20.8 Å². The van der Waals surface area contributed by atoms with E-state index < -0.39 is 0 Å². The van der Waals surface area contributed by atoms with Crippen LogP contribution in [-0.2, 0) is 0 Å². The van der Waals surface area contributed by atoms with Crippen LogP contribution in [0.1, 0.15) is 40.0 Å². The maximum Gasteiger partial charge on any atom is 0.317 e. The van der Waals surface area contributed by atoms with Crippen molar-refractivity contribution in [1.29, 1.82) is 0 Å². The highest BCUT2D eigenvalue weighted by Gasteiger charge is 2.17. The number of urea groups is 1. The summed E-state index contributed by atoms with van der Waals surface area (Å²) in [5, 5.41) is 2.97. The number of likely N-dealkylation sites (tertiary alicyclic amines) is 1. The molecule has 3 heteroatoms. The Kier molecular flexibility index (Phi) is 3.78. The summed E-state index contributed by atoms with van der Waals surface area (Å²) in [5.74, 6) is 0. The molecule has 0 aromatic heterocycles. The normalized spacial score (nSPS) is 17.2. The summed E-state index contributed by atoms with van der Waals surface area (Å²) in [6, 6.07) is 0.117. The molecule has 1 aliphatic heterocycles. The van der Waals surface area contributed by atoms with Gasteiger partial charge in [0.05, 0.1) is 0 Å². The lowest BCUT2D eigenvalue weighted by Crippen LogP contribution is -2.39. The smallest absolute Gasteiger partial charge is 0.317 e. The van der Waals surface area contributed by atoms with E-state index >= 15 is 0 Å². The summed E-state index contributed by atoms with van der Waals surface area (Å²) in [6.45, 7) is 9.22. The van der Waals surface area contributed by atoms with E-state index in [-0.39, 0.29) is 6.03 Å². The molecule has 0 saturated carbocycles. The molecule has 1 rings (SSSR count). The van der Waals surface area contributed by atoms with E-state index in [1.54, 1.807) is 0 Å². The van der Waals surface area contributed by atoms with Crippen LogP contribution in [0.4, 0.5) is 4.79 Å². The minimum atomic E-state index is 0.117. The number of carbonyl (C=O) groups is 1. The second-order valence-electron chi connectivity index (χ2n) is 5.24. The zero-order chi connectivity index (χ0) is 10.6. The van der Waals surface area contributed by atoms with Crippen molar-refractivity contribution < 1.29 is 4.79 Å². The number of nitrogens with zero attached hydrogens (tertiary/aromatic N) is 1. The second kappa shape index (κ2) is 4.67. The van der Waals surface area contributed by atoms with Crippen molar-refractivity contribution >= 4 is 6.03 Å². The molecule has 0 radical (unpaired) electrons. The van der Waals surface area contributed by atoms with Gasteiger partial charge < -0.3 is 10.2 Å². The molecular weight excluding hydrogens is 176 g/mol. The van der Waals surface area contributed by atoms with Gasteiger partial charge in [-0.15, -0.1) is 0 Å². The highest BCUT2D eigenvalue weighted by atomic mass is 16.2. The molecule has 0 atom stereocenters. The molecule has 3 nitrogen and oxygen atoms in total. The maximum absolute atomic E-state index is 11.5. The summed E-state index contributed by atoms with van der Waals surface area (Å²) in [6.07, 6.45) is 3.35. The molecule has 1 fully saturated rings. The zero-order valence-corrected chi connectivity index (χ0v) is 9.60. The lowest BCUT2D eigenvalue weighted by molar-refractivity contribution is 0.207. The first-order chi connectivity index (χ1) is 6.49. The van der Waals surface area contributed by atoms with Gasteiger partial charge in [-0.05, 0) is 24.7 Å². The van der Waals surface area contributed by atoms with Gasteiger partial charge in [-0.25, -0.2) is 4.79 Å². The molecule has 82 valence electrons. The first-order valence-corrected chi connectivity index (χ1v) is 5.52. The molecule has 0 bridgehead atoms. The summed E-state index contributed by atoms with van der Waals surface area (Å²) in [5.41, 5.74) is 0.304. The fraction of sp³-hybridized carbons (Fsp3) is 0.909. The molecule has 2 amide bonds. The maximum atomic E-state index is 11.5.